The number of nitrogens with one attached hydrogen (secondary N) is 1. The number of ether oxygens (including phenoxy) is 3. The predicted octanol–water partition coefficient (Wildman–Crippen LogP) is 6.12. The first kappa shape index (κ1) is 24.9. The molecule has 1 N–H and O–H groups in total. The van der Waals surface area contributed by atoms with Crippen LogP contribution in [-0.4, -0.2) is 29.9 Å². The third kappa shape index (κ3) is 5.86. The van der Waals surface area contributed by atoms with Gasteiger partial charge in [0.15, 0.2) is 0 Å². The number of aryl methyl sites for hydroxylation is 2. The molecule has 7 nitrogen and oxygen atoms in total. The molecule has 0 radical (unpaired) electrons. The van der Waals surface area contributed by atoms with Crippen molar-refractivity contribution in [2.75, 3.05) is 19.5 Å². The van der Waals surface area contributed by atoms with Crippen LogP contribution in [0.4, 0.5) is 5.69 Å². The van der Waals surface area contributed by atoms with Crippen molar-refractivity contribution >= 4 is 11.6 Å². The van der Waals surface area contributed by atoms with Gasteiger partial charge in [0.05, 0.1) is 25.6 Å². The van der Waals surface area contributed by atoms with Crippen LogP contribution in [0.3, 0.4) is 0 Å². The molecule has 0 saturated heterocycles. The first-order chi connectivity index (χ1) is 17.5. The number of amides is 1. The van der Waals surface area contributed by atoms with Gasteiger partial charge in [-0.2, -0.15) is 5.10 Å². The standard InChI is InChI=1S/C29H31N3O4/c1-5-27-26(17-18-28(33)30-21-11-9-20(2)10-12-21)29(36-25-8-6-7-24(19-25)35-4)32(31-27)22-13-15-23(34-3)16-14-22/h6-16,19H,5,17-18H2,1-4H3,(H,30,33). The zero-order chi connectivity index (χ0) is 25.5. The summed E-state index contributed by atoms with van der Waals surface area (Å²) in [5, 5.41) is 7.83. The van der Waals surface area contributed by atoms with Gasteiger partial charge in [-0.25, -0.2) is 4.68 Å². The summed E-state index contributed by atoms with van der Waals surface area (Å²) in [5.74, 6) is 2.58. The molecule has 7 heteroatoms. The van der Waals surface area contributed by atoms with Crippen molar-refractivity contribution in [1.29, 1.82) is 0 Å². The summed E-state index contributed by atoms with van der Waals surface area (Å²) in [5.41, 5.74) is 4.54. The minimum atomic E-state index is -0.0644. The van der Waals surface area contributed by atoms with Gasteiger partial charge in [0, 0.05) is 23.7 Å². The molecular formula is C29H31N3O4. The Kier molecular flexibility index (Phi) is 7.90. The van der Waals surface area contributed by atoms with E-state index < -0.39 is 0 Å². The number of methoxy groups -OCH3 is 2. The summed E-state index contributed by atoms with van der Waals surface area (Å²) in [4.78, 5) is 12.8. The third-order valence-corrected chi connectivity index (χ3v) is 5.86. The molecule has 4 aromatic rings. The Bertz CT molecular complexity index is 1310. The van der Waals surface area contributed by atoms with E-state index in [0.29, 0.717) is 36.6 Å². The molecule has 1 heterocycles. The summed E-state index contributed by atoms with van der Waals surface area (Å²) in [6.45, 7) is 4.06. The smallest absolute Gasteiger partial charge is 0.226 e. The molecule has 36 heavy (non-hydrogen) atoms. The van der Waals surface area contributed by atoms with Crippen LogP contribution >= 0.6 is 0 Å². The average molecular weight is 486 g/mol. The summed E-state index contributed by atoms with van der Waals surface area (Å²) >= 11 is 0. The molecule has 4 rings (SSSR count). The molecule has 1 amide bonds. The topological polar surface area (TPSA) is 74.6 Å². The van der Waals surface area contributed by atoms with Crippen LogP contribution in [0, 0.1) is 6.92 Å². The number of anilines is 1. The lowest BCUT2D eigenvalue weighted by Gasteiger charge is -2.13. The molecule has 3 aromatic carbocycles. The Hall–Kier alpha value is -4.26. The van der Waals surface area contributed by atoms with E-state index in [2.05, 4.69) is 5.32 Å². The highest BCUT2D eigenvalue weighted by molar-refractivity contribution is 5.90. The number of hydrogen-bond donors (Lipinski definition) is 1. The molecule has 1 aromatic heterocycles. The third-order valence-electron chi connectivity index (χ3n) is 5.86. The number of carbonyl (C=O) groups is 1. The van der Waals surface area contributed by atoms with Crippen LogP contribution in [-0.2, 0) is 17.6 Å². The number of nitrogens with zero attached hydrogens (tertiary/aromatic N) is 2. The van der Waals surface area contributed by atoms with Crippen LogP contribution < -0.4 is 19.5 Å². The Morgan fingerprint density at radius 2 is 1.61 bits per heavy atom. The van der Waals surface area contributed by atoms with Gasteiger partial charge in [0.1, 0.15) is 17.2 Å². The average Bonchev–Trinajstić information content (AvgIpc) is 3.26. The summed E-state index contributed by atoms with van der Waals surface area (Å²) < 4.78 is 18.9. The molecule has 0 bridgehead atoms. The molecule has 0 fully saturated rings. The fourth-order valence-corrected chi connectivity index (χ4v) is 3.89. The van der Waals surface area contributed by atoms with E-state index in [-0.39, 0.29) is 5.91 Å². The zero-order valence-electron chi connectivity index (χ0n) is 21.1. The maximum Gasteiger partial charge on any atom is 0.226 e. The van der Waals surface area contributed by atoms with Crippen molar-refractivity contribution < 1.29 is 19.0 Å². The van der Waals surface area contributed by atoms with Crippen molar-refractivity contribution in [2.45, 2.75) is 33.1 Å². The fraction of sp³-hybridized carbons (Fsp3) is 0.241. The van der Waals surface area contributed by atoms with E-state index in [1.807, 2.05) is 86.6 Å². The van der Waals surface area contributed by atoms with E-state index >= 15 is 0 Å². The molecule has 0 aliphatic carbocycles. The maximum atomic E-state index is 12.8. The summed E-state index contributed by atoms with van der Waals surface area (Å²) in [6.07, 6.45) is 1.48. The lowest BCUT2D eigenvalue weighted by molar-refractivity contribution is -0.116. The van der Waals surface area contributed by atoms with Crippen LogP contribution in [0.5, 0.6) is 23.1 Å². The molecule has 0 saturated carbocycles. The second-order valence-electron chi connectivity index (χ2n) is 8.39. The normalized spacial score (nSPS) is 10.7. The van der Waals surface area contributed by atoms with Gasteiger partial charge in [0.25, 0.3) is 0 Å². The molecule has 0 unspecified atom stereocenters. The highest BCUT2D eigenvalue weighted by atomic mass is 16.5. The van der Waals surface area contributed by atoms with Crippen LogP contribution in [0.2, 0.25) is 0 Å². The highest BCUT2D eigenvalue weighted by Crippen LogP contribution is 2.34. The summed E-state index contributed by atoms with van der Waals surface area (Å²) in [7, 11) is 3.25. The van der Waals surface area contributed by atoms with Crippen LogP contribution in [0.25, 0.3) is 5.69 Å². The largest absolute Gasteiger partial charge is 0.497 e. The van der Waals surface area contributed by atoms with Gasteiger partial charge < -0.3 is 19.5 Å². The second kappa shape index (κ2) is 11.4. The van der Waals surface area contributed by atoms with Crippen molar-refractivity contribution in [2.24, 2.45) is 0 Å². The zero-order valence-corrected chi connectivity index (χ0v) is 21.1. The minimum Gasteiger partial charge on any atom is -0.497 e. The number of carbonyl (C=O) groups excluding carboxylic acids is 1. The van der Waals surface area contributed by atoms with E-state index in [4.69, 9.17) is 19.3 Å². The van der Waals surface area contributed by atoms with Gasteiger partial charge in [-0.3, -0.25) is 4.79 Å². The van der Waals surface area contributed by atoms with E-state index in [1.54, 1.807) is 18.9 Å². The fourth-order valence-electron chi connectivity index (χ4n) is 3.89. The molecule has 0 aliphatic rings. The maximum absolute atomic E-state index is 12.8. The van der Waals surface area contributed by atoms with Gasteiger partial charge >= 0.3 is 0 Å². The van der Waals surface area contributed by atoms with Crippen LogP contribution in [0.1, 0.15) is 30.2 Å². The van der Waals surface area contributed by atoms with E-state index in [9.17, 15) is 4.79 Å². The lowest BCUT2D eigenvalue weighted by Crippen LogP contribution is -2.12. The van der Waals surface area contributed by atoms with Gasteiger partial charge in [-0.15, -0.1) is 0 Å². The first-order valence-corrected chi connectivity index (χ1v) is 11.9. The van der Waals surface area contributed by atoms with Crippen molar-refractivity contribution in [3.05, 3.63) is 89.6 Å². The van der Waals surface area contributed by atoms with Crippen molar-refractivity contribution in [3.8, 4) is 28.8 Å². The van der Waals surface area contributed by atoms with Crippen molar-refractivity contribution in [3.63, 3.8) is 0 Å². The molecular weight excluding hydrogens is 454 g/mol. The molecule has 0 aliphatic heterocycles. The Labute approximate surface area is 211 Å². The Morgan fingerprint density at radius 1 is 0.917 bits per heavy atom. The predicted molar refractivity (Wildman–Crippen MR) is 141 cm³/mol. The number of rotatable bonds is 10. The number of benzene rings is 3. The Balaban J connectivity index is 1.65. The van der Waals surface area contributed by atoms with E-state index in [1.165, 1.54) is 0 Å². The SMILES string of the molecule is CCc1nn(-c2ccc(OC)cc2)c(Oc2cccc(OC)c2)c1CCC(=O)Nc1ccc(C)cc1. The van der Waals surface area contributed by atoms with Crippen molar-refractivity contribution in [1.82, 2.24) is 9.78 Å². The number of aromatic nitrogens is 2. The highest BCUT2D eigenvalue weighted by Gasteiger charge is 2.21. The summed E-state index contributed by atoms with van der Waals surface area (Å²) in [6, 6.07) is 22.8. The molecule has 0 atom stereocenters. The minimum absolute atomic E-state index is 0.0644. The van der Waals surface area contributed by atoms with Gasteiger partial charge in [0.2, 0.25) is 11.8 Å². The number of hydrogen-bond acceptors (Lipinski definition) is 5. The second-order valence-corrected chi connectivity index (χ2v) is 8.39. The van der Waals surface area contributed by atoms with Gasteiger partial charge in [-0.05, 0) is 68.3 Å². The van der Waals surface area contributed by atoms with Crippen LogP contribution in [0.15, 0.2) is 72.8 Å². The van der Waals surface area contributed by atoms with E-state index in [0.717, 1.165) is 33.9 Å². The quantitative estimate of drug-likeness (QED) is 0.293. The first-order valence-electron chi connectivity index (χ1n) is 11.9. The van der Waals surface area contributed by atoms with Gasteiger partial charge in [-0.1, -0.05) is 30.7 Å². The lowest BCUT2D eigenvalue weighted by atomic mass is 10.1. The Morgan fingerprint density at radius 3 is 2.28 bits per heavy atom. The molecule has 186 valence electrons. The molecule has 0 spiro atoms. The monoisotopic (exact) mass is 485 g/mol.